The first kappa shape index (κ1) is 10.6. The molecule has 0 amide bonds. The molecule has 0 fully saturated rings. The summed E-state index contributed by atoms with van der Waals surface area (Å²) >= 11 is 0. The number of hydrogen-bond acceptors (Lipinski definition) is 2. The molecule has 2 nitrogen and oxygen atoms in total. The van der Waals surface area contributed by atoms with Crippen LogP contribution < -0.4 is 5.73 Å². The minimum atomic E-state index is -0.130. The largest absolute Gasteiger partial charge is 0.330 e. The predicted octanol–water partition coefficient (Wildman–Crippen LogP) is 1.53. The van der Waals surface area contributed by atoms with E-state index in [0.717, 1.165) is 44.6 Å². The molecule has 2 N–H and O–H groups in total. The lowest BCUT2D eigenvalue weighted by atomic mass is 9.99. The average molecular weight is 208 g/mol. The summed E-state index contributed by atoms with van der Waals surface area (Å²) < 4.78 is 13.0. The van der Waals surface area contributed by atoms with Gasteiger partial charge in [-0.3, -0.25) is 4.90 Å². The second kappa shape index (κ2) is 4.73. The molecule has 0 bridgehead atoms. The summed E-state index contributed by atoms with van der Waals surface area (Å²) in [5.74, 6) is -0.130. The monoisotopic (exact) mass is 208 g/mol. The maximum absolute atomic E-state index is 13.0. The molecular weight excluding hydrogens is 191 g/mol. The molecule has 1 aliphatic heterocycles. The Morgan fingerprint density at radius 1 is 1.33 bits per heavy atom. The van der Waals surface area contributed by atoms with E-state index in [1.54, 1.807) is 12.1 Å². The number of nitrogens with zero attached hydrogens (tertiary/aromatic N) is 1. The van der Waals surface area contributed by atoms with Gasteiger partial charge in [-0.15, -0.1) is 0 Å². The average Bonchev–Trinajstić information content (AvgIpc) is 2.25. The number of rotatable bonds is 3. The van der Waals surface area contributed by atoms with E-state index in [-0.39, 0.29) is 5.82 Å². The van der Waals surface area contributed by atoms with E-state index < -0.39 is 0 Å². The molecule has 0 saturated heterocycles. The van der Waals surface area contributed by atoms with Crippen LogP contribution in [0.4, 0.5) is 4.39 Å². The van der Waals surface area contributed by atoms with Crippen molar-refractivity contribution in [2.24, 2.45) is 5.73 Å². The maximum Gasteiger partial charge on any atom is 0.123 e. The molecule has 0 radical (unpaired) electrons. The van der Waals surface area contributed by atoms with E-state index in [2.05, 4.69) is 4.90 Å². The Hall–Kier alpha value is -0.930. The molecule has 0 aliphatic carbocycles. The van der Waals surface area contributed by atoms with Crippen molar-refractivity contribution in [2.45, 2.75) is 19.4 Å². The summed E-state index contributed by atoms with van der Waals surface area (Å²) in [5, 5.41) is 0. The van der Waals surface area contributed by atoms with Crippen molar-refractivity contribution < 1.29 is 4.39 Å². The Kier molecular flexibility index (Phi) is 3.34. The molecule has 0 atom stereocenters. The van der Waals surface area contributed by atoms with Gasteiger partial charge in [0.15, 0.2) is 0 Å². The van der Waals surface area contributed by atoms with Crippen molar-refractivity contribution in [1.29, 1.82) is 0 Å². The molecule has 1 aromatic carbocycles. The summed E-state index contributed by atoms with van der Waals surface area (Å²) in [6, 6.07) is 5.11. The highest BCUT2D eigenvalue weighted by molar-refractivity contribution is 5.29. The summed E-state index contributed by atoms with van der Waals surface area (Å²) in [6.07, 6.45) is 2.05. The van der Waals surface area contributed by atoms with Crippen LogP contribution in [-0.4, -0.2) is 24.5 Å². The molecule has 1 aliphatic rings. The lowest BCUT2D eigenvalue weighted by Gasteiger charge is -2.28. The van der Waals surface area contributed by atoms with Gasteiger partial charge >= 0.3 is 0 Å². The Labute approximate surface area is 89.9 Å². The highest BCUT2D eigenvalue weighted by atomic mass is 19.1. The van der Waals surface area contributed by atoms with Crippen LogP contribution in [0.2, 0.25) is 0 Å². The maximum atomic E-state index is 13.0. The molecule has 0 aromatic heterocycles. The predicted molar refractivity (Wildman–Crippen MR) is 59.1 cm³/mol. The molecule has 2 rings (SSSR count). The van der Waals surface area contributed by atoms with Gasteiger partial charge in [-0.05, 0) is 49.2 Å². The fourth-order valence-electron chi connectivity index (χ4n) is 2.09. The summed E-state index contributed by atoms with van der Waals surface area (Å²) in [6.45, 7) is 3.69. The van der Waals surface area contributed by atoms with Gasteiger partial charge in [0.2, 0.25) is 0 Å². The smallest absolute Gasteiger partial charge is 0.123 e. The van der Waals surface area contributed by atoms with Crippen LogP contribution in [0.5, 0.6) is 0 Å². The molecule has 0 unspecified atom stereocenters. The van der Waals surface area contributed by atoms with Crippen molar-refractivity contribution in [3.8, 4) is 0 Å². The topological polar surface area (TPSA) is 29.3 Å². The molecule has 0 spiro atoms. The molecule has 15 heavy (non-hydrogen) atoms. The minimum Gasteiger partial charge on any atom is -0.330 e. The highest BCUT2D eigenvalue weighted by Gasteiger charge is 2.15. The first-order chi connectivity index (χ1) is 7.29. The zero-order chi connectivity index (χ0) is 10.7. The van der Waals surface area contributed by atoms with Crippen molar-refractivity contribution in [1.82, 2.24) is 4.90 Å². The molecule has 0 saturated carbocycles. The van der Waals surface area contributed by atoms with Crippen LogP contribution in [0, 0.1) is 5.82 Å². The van der Waals surface area contributed by atoms with Crippen LogP contribution in [0.25, 0.3) is 0 Å². The van der Waals surface area contributed by atoms with Gasteiger partial charge in [0, 0.05) is 13.1 Å². The third kappa shape index (κ3) is 2.55. The van der Waals surface area contributed by atoms with Crippen molar-refractivity contribution in [3.63, 3.8) is 0 Å². The van der Waals surface area contributed by atoms with Crippen molar-refractivity contribution in [3.05, 3.63) is 35.1 Å². The van der Waals surface area contributed by atoms with Crippen LogP contribution >= 0.6 is 0 Å². The molecule has 1 aromatic rings. The number of benzene rings is 1. The zero-order valence-corrected chi connectivity index (χ0v) is 8.88. The number of hydrogen-bond donors (Lipinski definition) is 1. The van der Waals surface area contributed by atoms with Crippen LogP contribution in [-0.2, 0) is 13.0 Å². The third-order valence-electron chi connectivity index (χ3n) is 2.94. The second-order valence-electron chi connectivity index (χ2n) is 4.08. The van der Waals surface area contributed by atoms with Gasteiger partial charge in [0.25, 0.3) is 0 Å². The first-order valence-corrected chi connectivity index (χ1v) is 5.49. The van der Waals surface area contributed by atoms with Gasteiger partial charge in [-0.2, -0.15) is 0 Å². The van der Waals surface area contributed by atoms with Gasteiger partial charge in [-0.1, -0.05) is 6.07 Å². The Bertz CT molecular complexity index is 338. The van der Waals surface area contributed by atoms with Crippen molar-refractivity contribution >= 4 is 0 Å². The van der Waals surface area contributed by atoms with Crippen LogP contribution in [0.15, 0.2) is 18.2 Å². The van der Waals surface area contributed by atoms with Crippen LogP contribution in [0.3, 0.4) is 0 Å². The Balaban J connectivity index is 2.05. The van der Waals surface area contributed by atoms with Gasteiger partial charge < -0.3 is 5.73 Å². The van der Waals surface area contributed by atoms with E-state index in [9.17, 15) is 4.39 Å². The van der Waals surface area contributed by atoms with E-state index in [0.29, 0.717) is 0 Å². The summed E-state index contributed by atoms with van der Waals surface area (Å²) in [4.78, 5) is 2.34. The van der Waals surface area contributed by atoms with E-state index in [1.165, 1.54) is 5.56 Å². The van der Waals surface area contributed by atoms with Gasteiger partial charge in [0.1, 0.15) is 5.82 Å². The molecule has 82 valence electrons. The number of fused-ring (bicyclic) bond motifs is 1. The zero-order valence-electron chi connectivity index (χ0n) is 8.88. The van der Waals surface area contributed by atoms with E-state index >= 15 is 0 Å². The number of halogens is 1. The first-order valence-electron chi connectivity index (χ1n) is 5.49. The Morgan fingerprint density at radius 2 is 2.20 bits per heavy atom. The lowest BCUT2D eigenvalue weighted by molar-refractivity contribution is 0.252. The lowest BCUT2D eigenvalue weighted by Crippen LogP contribution is -2.32. The normalized spacial score (nSPS) is 16.4. The van der Waals surface area contributed by atoms with Crippen molar-refractivity contribution in [2.75, 3.05) is 19.6 Å². The molecule has 3 heteroatoms. The fourth-order valence-corrected chi connectivity index (χ4v) is 2.09. The summed E-state index contributed by atoms with van der Waals surface area (Å²) in [7, 11) is 0. The standard InChI is InChI=1S/C12H17FN2/c13-12-3-2-10-4-7-15(6-1-5-14)9-11(10)8-12/h2-3,8H,1,4-7,9,14H2. The van der Waals surface area contributed by atoms with Crippen LogP contribution in [0.1, 0.15) is 17.5 Å². The summed E-state index contributed by atoms with van der Waals surface area (Å²) in [5.41, 5.74) is 7.91. The Morgan fingerprint density at radius 3 is 3.00 bits per heavy atom. The van der Waals surface area contributed by atoms with Gasteiger partial charge in [-0.25, -0.2) is 4.39 Å². The fraction of sp³-hybridized carbons (Fsp3) is 0.500. The van der Waals surface area contributed by atoms with Gasteiger partial charge in [0.05, 0.1) is 0 Å². The third-order valence-corrected chi connectivity index (χ3v) is 2.94. The molecular formula is C12H17FN2. The molecule has 1 heterocycles. The SMILES string of the molecule is NCCCN1CCc2ccc(F)cc2C1. The van der Waals surface area contributed by atoms with E-state index in [1.807, 2.05) is 6.07 Å². The van der Waals surface area contributed by atoms with E-state index in [4.69, 9.17) is 5.73 Å². The second-order valence-corrected chi connectivity index (χ2v) is 4.08. The highest BCUT2D eigenvalue weighted by Crippen LogP contribution is 2.19. The number of nitrogens with two attached hydrogens (primary N) is 1. The quantitative estimate of drug-likeness (QED) is 0.816. The minimum absolute atomic E-state index is 0.130.